The number of rotatable bonds is 10. The van der Waals surface area contributed by atoms with Crippen molar-refractivity contribution in [3.05, 3.63) is 81.0 Å². The van der Waals surface area contributed by atoms with Crippen LogP contribution in [0.25, 0.3) is 0 Å². The largest absolute Gasteiger partial charge is 0.497 e. The molecule has 0 bridgehead atoms. The quantitative estimate of drug-likeness (QED) is 0.337. The average molecular weight is 495 g/mol. The number of urea groups is 1. The van der Waals surface area contributed by atoms with Crippen LogP contribution < -0.4 is 37.3 Å². The molecule has 2 aromatic carbocycles. The maximum Gasteiger partial charge on any atom is 0.330 e. The third-order valence-corrected chi connectivity index (χ3v) is 5.42. The molecule has 0 aliphatic rings. The molecule has 36 heavy (non-hydrogen) atoms. The molecule has 3 aromatic rings. The monoisotopic (exact) mass is 494 g/mol. The zero-order valence-electron chi connectivity index (χ0n) is 20.2. The highest BCUT2D eigenvalue weighted by atomic mass is 16.5. The van der Waals surface area contributed by atoms with Gasteiger partial charge in [-0.1, -0.05) is 43.7 Å². The van der Waals surface area contributed by atoms with Crippen LogP contribution in [0.3, 0.4) is 0 Å². The lowest BCUT2D eigenvalue weighted by Crippen LogP contribution is -2.45. The van der Waals surface area contributed by atoms with Crippen LogP contribution in [0.4, 0.5) is 22.0 Å². The van der Waals surface area contributed by atoms with Crippen LogP contribution in [0.1, 0.15) is 25.3 Å². The minimum Gasteiger partial charge on any atom is -0.497 e. The fraction of sp³-hybridized carbons (Fsp3) is 0.280. The summed E-state index contributed by atoms with van der Waals surface area (Å²) in [5.74, 6) is -0.0812. The van der Waals surface area contributed by atoms with Gasteiger partial charge in [0.25, 0.3) is 5.56 Å². The summed E-state index contributed by atoms with van der Waals surface area (Å²) in [6, 6.07) is 15.0. The van der Waals surface area contributed by atoms with Crippen LogP contribution in [0.5, 0.6) is 5.75 Å². The molecule has 0 saturated carbocycles. The Hall–Kier alpha value is -4.54. The molecule has 0 unspecified atom stereocenters. The number of carbonyl (C=O) groups excluding carboxylic acids is 2. The van der Waals surface area contributed by atoms with Crippen LogP contribution in [-0.4, -0.2) is 35.1 Å². The second-order valence-corrected chi connectivity index (χ2v) is 8.07. The van der Waals surface area contributed by atoms with E-state index in [1.807, 2.05) is 37.3 Å². The summed E-state index contributed by atoms with van der Waals surface area (Å²) in [5, 5.41) is 4.83. The summed E-state index contributed by atoms with van der Waals surface area (Å²) in [7, 11) is 1.53. The summed E-state index contributed by atoms with van der Waals surface area (Å²) in [6.07, 6.45) is 1.50. The van der Waals surface area contributed by atoms with E-state index in [1.165, 1.54) is 16.6 Å². The summed E-state index contributed by atoms with van der Waals surface area (Å²) < 4.78 is 6.37. The molecule has 5 N–H and O–H groups in total. The number of carbonyl (C=O) groups is 2. The number of benzene rings is 2. The zero-order valence-corrected chi connectivity index (χ0v) is 20.2. The Morgan fingerprint density at radius 1 is 1.08 bits per heavy atom. The van der Waals surface area contributed by atoms with Gasteiger partial charge in [-0.25, -0.2) is 9.59 Å². The highest BCUT2D eigenvalue weighted by Gasteiger charge is 2.22. The summed E-state index contributed by atoms with van der Waals surface area (Å²) in [6.45, 7) is 2.08. The standard InChI is InChI=1S/C25H30N6O5/c1-3-4-14-31-22(26)21(23(33)29-25(31)35)30(15-17-8-6-5-7-9-17)16-20(32)28-24(34)27-18-10-12-19(36-2)13-11-18/h5-13H,3-4,14-16,26H2,1-2H3,(H,29,33,35)(H2,27,28,32,34). The van der Waals surface area contributed by atoms with E-state index in [-0.39, 0.29) is 24.6 Å². The highest BCUT2D eigenvalue weighted by Crippen LogP contribution is 2.20. The number of hydrogen-bond acceptors (Lipinski definition) is 7. The van der Waals surface area contributed by atoms with Crippen molar-refractivity contribution in [2.75, 3.05) is 29.6 Å². The molecule has 3 amide bonds. The zero-order chi connectivity index (χ0) is 26.1. The van der Waals surface area contributed by atoms with Gasteiger partial charge in [-0.2, -0.15) is 0 Å². The molecule has 3 rings (SSSR count). The Balaban J connectivity index is 1.83. The van der Waals surface area contributed by atoms with Crippen molar-refractivity contribution in [3.8, 4) is 5.75 Å². The number of nitrogens with zero attached hydrogens (tertiary/aromatic N) is 2. The number of aromatic nitrogens is 2. The predicted molar refractivity (Wildman–Crippen MR) is 138 cm³/mol. The van der Waals surface area contributed by atoms with E-state index in [1.54, 1.807) is 24.3 Å². The van der Waals surface area contributed by atoms with Crippen molar-refractivity contribution < 1.29 is 14.3 Å². The topological polar surface area (TPSA) is 152 Å². The molecule has 0 spiro atoms. The van der Waals surface area contributed by atoms with Crippen LogP contribution in [0, 0.1) is 0 Å². The van der Waals surface area contributed by atoms with E-state index in [0.29, 0.717) is 24.4 Å². The molecule has 0 fully saturated rings. The Morgan fingerprint density at radius 2 is 1.78 bits per heavy atom. The molecule has 190 valence electrons. The SMILES string of the molecule is CCCCn1c(N)c(N(CC(=O)NC(=O)Nc2ccc(OC)cc2)Cc2ccccc2)c(=O)[nH]c1=O. The van der Waals surface area contributed by atoms with Gasteiger partial charge in [-0.3, -0.25) is 24.5 Å². The van der Waals surface area contributed by atoms with Gasteiger partial charge in [-0.15, -0.1) is 0 Å². The molecule has 0 aliphatic heterocycles. The van der Waals surface area contributed by atoms with Crippen molar-refractivity contribution in [2.45, 2.75) is 32.9 Å². The number of unbranched alkanes of at least 4 members (excludes halogenated alkanes) is 1. The molecule has 0 atom stereocenters. The van der Waals surface area contributed by atoms with Gasteiger partial charge in [0.05, 0.1) is 13.7 Å². The highest BCUT2D eigenvalue weighted by molar-refractivity contribution is 6.02. The van der Waals surface area contributed by atoms with Crippen molar-refractivity contribution >= 4 is 29.1 Å². The summed E-state index contributed by atoms with van der Waals surface area (Å²) in [4.78, 5) is 54.1. The fourth-order valence-corrected chi connectivity index (χ4v) is 3.62. The van der Waals surface area contributed by atoms with E-state index < -0.39 is 23.2 Å². The Bertz CT molecular complexity index is 1300. The summed E-state index contributed by atoms with van der Waals surface area (Å²) in [5.41, 5.74) is 6.19. The van der Waals surface area contributed by atoms with Gasteiger partial charge in [-0.05, 0) is 36.2 Å². The number of amides is 3. The maximum atomic E-state index is 12.8. The number of ether oxygens (including phenoxy) is 1. The van der Waals surface area contributed by atoms with E-state index in [2.05, 4.69) is 15.6 Å². The van der Waals surface area contributed by atoms with E-state index in [4.69, 9.17) is 10.5 Å². The van der Waals surface area contributed by atoms with Crippen LogP contribution in [0.2, 0.25) is 0 Å². The van der Waals surface area contributed by atoms with Gasteiger partial charge in [0.1, 0.15) is 17.3 Å². The van der Waals surface area contributed by atoms with E-state index in [9.17, 15) is 19.2 Å². The molecule has 1 heterocycles. The molecule has 11 nitrogen and oxygen atoms in total. The van der Waals surface area contributed by atoms with Gasteiger partial charge < -0.3 is 20.7 Å². The molecule has 0 aliphatic carbocycles. The lowest BCUT2D eigenvalue weighted by Gasteiger charge is -2.25. The number of H-pyrrole nitrogens is 1. The van der Waals surface area contributed by atoms with Crippen LogP contribution >= 0.6 is 0 Å². The van der Waals surface area contributed by atoms with Crippen molar-refractivity contribution in [1.82, 2.24) is 14.9 Å². The fourth-order valence-electron chi connectivity index (χ4n) is 3.62. The van der Waals surface area contributed by atoms with Gasteiger partial charge >= 0.3 is 11.7 Å². The first-order valence-electron chi connectivity index (χ1n) is 11.5. The smallest absolute Gasteiger partial charge is 0.330 e. The second-order valence-electron chi connectivity index (χ2n) is 8.07. The van der Waals surface area contributed by atoms with Crippen molar-refractivity contribution in [2.24, 2.45) is 0 Å². The number of hydrogen-bond donors (Lipinski definition) is 4. The Labute approximate surface area is 207 Å². The lowest BCUT2D eigenvalue weighted by atomic mass is 10.2. The number of nitrogens with two attached hydrogens (primary N) is 1. The number of imide groups is 1. The number of aromatic amines is 1. The molecule has 0 saturated heterocycles. The molecular formula is C25H30N6O5. The van der Waals surface area contributed by atoms with E-state index >= 15 is 0 Å². The maximum absolute atomic E-state index is 12.8. The molecular weight excluding hydrogens is 464 g/mol. The van der Waals surface area contributed by atoms with Crippen molar-refractivity contribution in [3.63, 3.8) is 0 Å². The van der Waals surface area contributed by atoms with Gasteiger partial charge in [0.15, 0.2) is 0 Å². The number of anilines is 3. The third-order valence-electron chi connectivity index (χ3n) is 5.42. The second kappa shape index (κ2) is 12.2. The summed E-state index contributed by atoms with van der Waals surface area (Å²) >= 11 is 0. The first-order chi connectivity index (χ1) is 17.3. The Morgan fingerprint density at radius 3 is 2.42 bits per heavy atom. The van der Waals surface area contributed by atoms with E-state index in [0.717, 1.165) is 12.0 Å². The van der Waals surface area contributed by atoms with Crippen LogP contribution in [-0.2, 0) is 17.9 Å². The Kier molecular flexibility index (Phi) is 8.87. The lowest BCUT2D eigenvalue weighted by molar-refractivity contribution is -0.118. The number of methoxy groups -OCH3 is 1. The number of nitrogen functional groups attached to an aromatic ring is 1. The predicted octanol–water partition coefficient (Wildman–Crippen LogP) is 2.28. The first-order valence-corrected chi connectivity index (χ1v) is 11.5. The minimum absolute atomic E-state index is 0.0136. The van der Waals surface area contributed by atoms with Gasteiger partial charge in [0, 0.05) is 18.8 Å². The van der Waals surface area contributed by atoms with Crippen LogP contribution in [0.15, 0.2) is 64.2 Å². The van der Waals surface area contributed by atoms with Crippen molar-refractivity contribution in [1.29, 1.82) is 0 Å². The normalized spacial score (nSPS) is 10.5. The first kappa shape index (κ1) is 26.1. The average Bonchev–Trinajstić information content (AvgIpc) is 2.84. The molecule has 11 heteroatoms. The van der Waals surface area contributed by atoms with Gasteiger partial charge in [0.2, 0.25) is 5.91 Å². The molecule has 0 radical (unpaired) electrons. The number of nitrogens with one attached hydrogen (secondary N) is 3. The third kappa shape index (κ3) is 6.75. The molecule has 1 aromatic heterocycles. The minimum atomic E-state index is -0.736.